The van der Waals surface area contributed by atoms with E-state index in [1.165, 1.54) is 6.07 Å². The minimum Gasteiger partial charge on any atom is -0.398 e. The van der Waals surface area contributed by atoms with Gasteiger partial charge in [0, 0.05) is 5.69 Å². The highest BCUT2D eigenvalue weighted by Gasteiger charge is 2.17. The lowest BCUT2D eigenvalue weighted by atomic mass is 10.1. The molecule has 2 aromatic heterocycles. The summed E-state index contributed by atoms with van der Waals surface area (Å²) >= 11 is 0. The second-order valence-corrected chi connectivity index (χ2v) is 3.50. The molecular weight excluding hydrogens is 216 g/mol. The zero-order chi connectivity index (χ0) is 11.7. The Kier molecular flexibility index (Phi) is 2.72. The number of nitrogens with zero attached hydrogens (tertiary/aromatic N) is 2. The summed E-state index contributed by atoms with van der Waals surface area (Å²) in [5, 5.41) is 4.33. The summed E-state index contributed by atoms with van der Waals surface area (Å²) in [7, 11) is 0. The molecule has 0 saturated carbocycles. The molecule has 0 aromatic carbocycles. The average Bonchev–Trinajstić information content (AvgIpc) is 2.62. The summed E-state index contributed by atoms with van der Waals surface area (Å²) in [5.41, 5.74) is 6.30. The molecule has 0 aliphatic heterocycles. The summed E-state index contributed by atoms with van der Waals surface area (Å²) in [6.45, 7) is 1.98. The average molecular weight is 227 g/mol. The predicted octanol–water partition coefficient (Wildman–Crippen LogP) is 2.70. The van der Waals surface area contributed by atoms with Crippen molar-refractivity contribution in [2.45, 2.75) is 26.2 Å². The van der Waals surface area contributed by atoms with Crippen molar-refractivity contribution in [1.82, 2.24) is 10.1 Å². The van der Waals surface area contributed by atoms with Gasteiger partial charge in [-0.05, 0) is 12.5 Å². The summed E-state index contributed by atoms with van der Waals surface area (Å²) in [4.78, 5) is 3.68. The number of hydrogen-bond donors (Lipinski definition) is 1. The number of hydrogen-bond acceptors (Lipinski definition) is 4. The zero-order valence-electron chi connectivity index (χ0n) is 8.70. The molecule has 2 N–H and O–H groups in total. The molecule has 2 rings (SSSR count). The Hall–Kier alpha value is -1.72. The molecule has 0 amide bonds. The van der Waals surface area contributed by atoms with E-state index in [0.29, 0.717) is 17.5 Å². The third-order valence-electron chi connectivity index (χ3n) is 2.28. The first-order valence-corrected chi connectivity index (χ1v) is 4.96. The van der Waals surface area contributed by atoms with Crippen LogP contribution in [0.15, 0.2) is 10.6 Å². The third kappa shape index (κ3) is 1.70. The molecule has 0 saturated heterocycles. The summed E-state index contributed by atoms with van der Waals surface area (Å²) in [6, 6.07) is 1.17. The van der Waals surface area contributed by atoms with E-state index in [4.69, 9.17) is 10.3 Å². The van der Waals surface area contributed by atoms with E-state index in [2.05, 4.69) is 10.1 Å². The molecule has 6 heteroatoms. The van der Waals surface area contributed by atoms with E-state index >= 15 is 0 Å². The summed E-state index contributed by atoms with van der Waals surface area (Å²) in [6.07, 6.45) is -1.10. The molecule has 0 fully saturated rings. The van der Waals surface area contributed by atoms with Gasteiger partial charge in [0.15, 0.2) is 0 Å². The number of nitrogens with two attached hydrogens (primary N) is 1. The number of nitrogen functional groups attached to an aromatic ring is 1. The van der Waals surface area contributed by atoms with E-state index in [1.807, 2.05) is 6.92 Å². The molecule has 86 valence electrons. The first kappa shape index (κ1) is 10.8. The number of halogens is 2. The van der Waals surface area contributed by atoms with E-state index in [-0.39, 0.29) is 17.1 Å². The van der Waals surface area contributed by atoms with Gasteiger partial charge in [-0.3, -0.25) is 0 Å². The normalized spacial score (nSPS) is 11.5. The Bertz CT molecular complexity index is 510. The largest absolute Gasteiger partial charge is 0.398 e. The van der Waals surface area contributed by atoms with Crippen molar-refractivity contribution in [3.8, 4) is 0 Å². The fourth-order valence-electron chi connectivity index (χ4n) is 1.58. The van der Waals surface area contributed by atoms with Gasteiger partial charge in [0.2, 0.25) is 0 Å². The van der Waals surface area contributed by atoms with Gasteiger partial charge in [-0.2, -0.15) is 0 Å². The molecule has 0 spiro atoms. The number of alkyl halides is 2. The zero-order valence-corrected chi connectivity index (χ0v) is 8.70. The van der Waals surface area contributed by atoms with Gasteiger partial charge in [0.25, 0.3) is 12.1 Å². The number of rotatable bonds is 3. The van der Waals surface area contributed by atoms with E-state index in [0.717, 1.165) is 6.42 Å². The van der Waals surface area contributed by atoms with Crippen LogP contribution in [0.3, 0.4) is 0 Å². The Balaban J connectivity index is 2.59. The molecule has 0 bridgehead atoms. The topological polar surface area (TPSA) is 64.9 Å². The lowest BCUT2D eigenvalue weighted by molar-refractivity contribution is 0.146. The number of pyridine rings is 1. The maximum Gasteiger partial charge on any atom is 0.280 e. The highest BCUT2D eigenvalue weighted by atomic mass is 19.3. The first-order valence-electron chi connectivity index (χ1n) is 4.96. The monoisotopic (exact) mass is 227 g/mol. The van der Waals surface area contributed by atoms with Gasteiger partial charge < -0.3 is 10.3 Å². The molecular formula is C10H11F2N3O. The molecule has 0 unspecified atom stereocenters. The molecule has 0 atom stereocenters. The van der Waals surface area contributed by atoms with Crippen molar-refractivity contribution < 1.29 is 13.3 Å². The Labute approximate surface area is 90.4 Å². The fourth-order valence-corrected chi connectivity index (χ4v) is 1.58. The molecule has 4 nitrogen and oxygen atoms in total. The smallest absolute Gasteiger partial charge is 0.280 e. The van der Waals surface area contributed by atoms with Crippen LogP contribution in [0.2, 0.25) is 0 Å². The summed E-state index contributed by atoms with van der Waals surface area (Å²) in [5.74, 6) is 0. The van der Waals surface area contributed by atoms with E-state index in [9.17, 15) is 8.78 Å². The van der Waals surface area contributed by atoms with Crippen molar-refractivity contribution in [1.29, 1.82) is 0 Å². The minimum atomic E-state index is -2.66. The molecule has 0 radical (unpaired) electrons. The second-order valence-electron chi connectivity index (χ2n) is 3.50. The van der Waals surface area contributed by atoms with Gasteiger partial charge in [-0.25, -0.2) is 13.8 Å². The van der Waals surface area contributed by atoms with Crippen LogP contribution < -0.4 is 5.73 Å². The van der Waals surface area contributed by atoms with Gasteiger partial charge in [-0.15, -0.1) is 0 Å². The number of aryl methyl sites for hydroxylation is 1. The SMILES string of the molecule is CCCc1noc2nc(C(F)F)cc(N)c12. The van der Waals surface area contributed by atoms with Crippen molar-refractivity contribution >= 4 is 16.8 Å². The van der Waals surface area contributed by atoms with Crippen molar-refractivity contribution in [2.75, 3.05) is 5.73 Å². The number of fused-ring (bicyclic) bond motifs is 1. The lowest BCUT2D eigenvalue weighted by Crippen LogP contribution is -1.96. The lowest BCUT2D eigenvalue weighted by Gasteiger charge is -2.01. The van der Waals surface area contributed by atoms with Crippen LogP contribution >= 0.6 is 0 Å². The highest BCUT2D eigenvalue weighted by Crippen LogP contribution is 2.28. The van der Waals surface area contributed by atoms with Crippen LogP contribution in [-0.2, 0) is 6.42 Å². The van der Waals surface area contributed by atoms with Crippen LogP contribution in [0.5, 0.6) is 0 Å². The Morgan fingerprint density at radius 3 is 2.88 bits per heavy atom. The van der Waals surface area contributed by atoms with Crippen molar-refractivity contribution in [2.24, 2.45) is 0 Å². The van der Waals surface area contributed by atoms with Crippen molar-refractivity contribution in [3.05, 3.63) is 17.5 Å². The van der Waals surface area contributed by atoms with Gasteiger partial charge in [-0.1, -0.05) is 18.5 Å². The maximum atomic E-state index is 12.4. The maximum absolute atomic E-state index is 12.4. The third-order valence-corrected chi connectivity index (χ3v) is 2.28. The number of aromatic nitrogens is 2. The van der Waals surface area contributed by atoms with Crippen LogP contribution in [-0.4, -0.2) is 10.1 Å². The minimum absolute atomic E-state index is 0.0822. The molecule has 0 aliphatic carbocycles. The summed E-state index contributed by atoms with van der Waals surface area (Å²) < 4.78 is 29.8. The van der Waals surface area contributed by atoms with Crippen LogP contribution in [0.1, 0.15) is 31.2 Å². The second kappa shape index (κ2) is 4.03. The van der Waals surface area contributed by atoms with Crippen LogP contribution in [0.4, 0.5) is 14.5 Å². The predicted molar refractivity (Wildman–Crippen MR) is 55.2 cm³/mol. The van der Waals surface area contributed by atoms with Gasteiger partial charge >= 0.3 is 0 Å². The molecule has 0 aliphatic rings. The van der Waals surface area contributed by atoms with Gasteiger partial charge in [0.05, 0.1) is 11.1 Å². The van der Waals surface area contributed by atoms with Gasteiger partial charge in [0.1, 0.15) is 5.69 Å². The molecule has 16 heavy (non-hydrogen) atoms. The Morgan fingerprint density at radius 2 is 2.25 bits per heavy atom. The fraction of sp³-hybridized carbons (Fsp3) is 0.400. The first-order chi connectivity index (χ1) is 7.63. The molecule has 2 heterocycles. The molecule has 2 aromatic rings. The Morgan fingerprint density at radius 1 is 1.50 bits per heavy atom. The standard InChI is InChI=1S/C10H11F2N3O/c1-2-3-6-8-5(13)4-7(9(11)12)14-10(8)16-15-6/h4,9H,2-3H2,1H3,(H2,13,14). The highest BCUT2D eigenvalue weighted by molar-refractivity contribution is 5.89. The van der Waals surface area contributed by atoms with Crippen LogP contribution in [0.25, 0.3) is 11.1 Å². The van der Waals surface area contributed by atoms with E-state index in [1.54, 1.807) is 0 Å². The number of anilines is 1. The van der Waals surface area contributed by atoms with Crippen LogP contribution in [0, 0.1) is 0 Å². The quantitative estimate of drug-likeness (QED) is 0.875. The van der Waals surface area contributed by atoms with Crippen molar-refractivity contribution in [3.63, 3.8) is 0 Å². The van der Waals surface area contributed by atoms with E-state index < -0.39 is 6.43 Å².